The van der Waals surface area contributed by atoms with E-state index in [-0.39, 0.29) is 0 Å². The molecule has 0 saturated carbocycles. The van der Waals surface area contributed by atoms with Crippen molar-refractivity contribution < 1.29 is 15.0 Å². The Kier molecular flexibility index (Phi) is 13.5. The van der Waals surface area contributed by atoms with E-state index in [0.717, 1.165) is 0 Å². The van der Waals surface area contributed by atoms with E-state index in [0.29, 0.717) is 0 Å². The molecule has 38 valence electrons. The maximum absolute atomic E-state index is 8.56. The number of rotatable bonds is 0. The molecule has 0 aliphatic heterocycles. The van der Waals surface area contributed by atoms with Crippen LogP contribution in [0, 0.1) is 0 Å². The SMILES string of the molecule is CP.O=C(O)O. The van der Waals surface area contributed by atoms with Crippen LogP contribution in [0.5, 0.6) is 0 Å². The zero-order chi connectivity index (χ0) is 5.58. The Labute approximate surface area is 38.2 Å². The van der Waals surface area contributed by atoms with Crippen LogP contribution < -0.4 is 0 Å². The van der Waals surface area contributed by atoms with Crippen LogP contribution >= 0.6 is 9.24 Å². The summed E-state index contributed by atoms with van der Waals surface area (Å²) in [5.41, 5.74) is 0. The van der Waals surface area contributed by atoms with Crippen molar-refractivity contribution in [1.29, 1.82) is 0 Å². The van der Waals surface area contributed by atoms with Gasteiger partial charge in [0.1, 0.15) is 0 Å². The van der Waals surface area contributed by atoms with Gasteiger partial charge in [-0.1, -0.05) is 6.66 Å². The largest absolute Gasteiger partial charge is 0.503 e. The van der Waals surface area contributed by atoms with Gasteiger partial charge in [-0.2, -0.15) is 0 Å². The highest BCUT2D eigenvalue weighted by Crippen LogP contribution is 1.46. The molecule has 0 aliphatic rings. The fraction of sp³-hybridized carbons (Fsp3) is 0.500. The molecule has 4 heteroatoms. The van der Waals surface area contributed by atoms with Crippen molar-refractivity contribution in [3.05, 3.63) is 0 Å². The molecule has 0 bridgehead atoms. The van der Waals surface area contributed by atoms with E-state index in [4.69, 9.17) is 15.0 Å². The Hall–Kier alpha value is -0.300. The van der Waals surface area contributed by atoms with Gasteiger partial charge in [0, 0.05) is 0 Å². The second-order valence-corrected chi connectivity index (χ2v) is 0.283. The van der Waals surface area contributed by atoms with Crippen molar-refractivity contribution in [1.82, 2.24) is 0 Å². The molecule has 0 heterocycles. The minimum atomic E-state index is -1.83. The number of carboxylic acid groups (broad SMARTS) is 2. The lowest BCUT2D eigenvalue weighted by Crippen LogP contribution is -1.81. The molecule has 1 atom stereocenters. The molecule has 0 radical (unpaired) electrons. The molecule has 0 spiro atoms. The summed E-state index contributed by atoms with van der Waals surface area (Å²) >= 11 is 0. The Bertz CT molecular complexity index is 31.8. The van der Waals surface area contributed by atoms with Crippen LogP contribution in [0.4, 0.5) is 4.79 Å². The topological polar surface area (TPSA) is 57.5 Å². The van der Waals surface area contributed by atoms with Gasteiger partial charge in [-0.3, -0.25) is 0 Å². The molecule has 0 amide bonds. The van der Waals surface area contributed by atoms with E-state index in [9.17, 15) is 0 Å². The van der Waals surface area contributed by atoms with Crippen molar-refractivity contribution in [2.45, 2.75) is 0 Å². The quantitative estimate of drug-likeness (QED) is 0.451. The van der Waals surface area contributed by atoms with Gasteiger partial charge in [0.05, 0.1) is 0 Å². The number of hydrogen-bond acceptors (Lipinski definition) is 1. The molecule has 0 rings (SSSR count). The smallest absolute Gasteiger partial charge is 0.450 e. The Balaban J connectivity index is 0. The molecular weight excluding hydrogens is 103 g/mol. The summed E-state index contributed by atoms with van der Waals surface area (Å²) < 4.78 is 0. The van der Waals surface area contributed by atoms with Gasteiger partial charge >= 0.3 is 6.16 Å². The Morgan fingerprint density at radius 1 is 1.50 bits per heavy atom. The van der Waals surface area contributed by atoms with Crippen LogP contribution in [0.1, 0.15) is 0 Å². The fourth-order valence-corrected chi connectivity index (χ4v) is 0. The van der Waals surface area contributed by atoms with E-state index < -0.39 is 6.16 Å². The summed E-state index contributed by atoms with van der Waals surface area (Å²) in [6.45, 7) is 1.92. The van der Waals surface area contributed by atoms with Crippen molar-refractivity contribution in [3.63, 3.8) is 0 Å². The molecule has 1 unspecified atom stereocenters. The van der Waals surface area contributed by atoms with Crippen LogP contribution in [0.2, 0.25) is 0 Å². The molecule has 0 aromatic rings. The maximum Gasteiger partial charge on any atom is 0.503 e. The van der Waals surface area contributed by atoms with Gasteiger partial charge in [-0.05, 0) is 0 Å². The number of carbonyl (C=O) groups is 1. The van der Waals surface area contributed by atoms with E-state index in [1.807, 2.05) is 6.66 Å². The van der Waals surface area contributed by atoms with Crippen molar-refractivity contribution in [2.75, 3.05) is 6.66 Å². The van der Waals surface area contributed by atoms with Crippen molar-refractivity contribution >= 4 is 15.4 Å². The molecular formula is C2H7O3P. The highest BCUT2D eigenvalue weighted by molar-refractivity contribution is 7.15. The normalized spacial score (nSPS) is 5.00. The Morgan fingerprint density at radius 3 is 1.50 bits per heavy atom. The van der Waals surface area contributed by atoms with Gasteiger partial charge in [-0.25, -0.2) is 4.79 Å². The van der Waals surface area contributed by atoms with Crippen LogP contribution in [0.3, 0.4) is 0 Å². The molecule has 3 nitrogen and oxygen atoms in total. The van der Waals surface area contributed by atoms with E-state index in [1.165, 1.54) is 0 Å². The first kappa shape index (κ1) is 9.20. The predicted molar refractivity (Wildman–Crippen MR) is 26.3 cm³/mol. The summed E-state index contributed by atoms with van der Waals surface area (Å²) in [6.07, 6.45) is -1.83. The van der Waals surface area contributed by atoms with Crippen molar-refractivity contribution in [2.24, 2.45) is 0 Å². The molecule has 0 aromatic heterocycles. The average molecular weight is 110 g/mol. The number of hydrogen-bond donors (Lipinski definition) is 2. The summed E-state index contributed by atoms with van der Waals surface area (Å²) in [7, 11) is 2.42. The monoisotopic (exact) mass is 110 g/mol. The van der Waals surface area contributed by atoms with Crippen LogP contribution in [0.25, 0.3) is 0 Å². The molecule has 2 N–H and O–H groups in total. The maximum atomic E-state index is 8.56. The van der Waals surface area contributed by atoms with Gasteiger partial charge in [0.25, 0.3) is 0 Å². The Morgan fingerprint density at radius 2 is 1.50 bits per heavy atom. The molecule has 0 fully saturated rings. The third-order valence-electron chi connectivity index (χ3n) is 0. The lowest BCUT2D eigenvalue weighted by atomic mass is 11.5. The predicted octanol–water partition coefficient (Wildman–Crippen LogP) is 0.714. The highest BCUT2D eigenvalue weighted by atomic mass is 31.0. The van der Waals surface area contributed by atoms with E-state index in [1.54, 1.807) is 0 Å². The van der Waals surface area contributed by atoms with Gasteiger partial charge in [-0.15, -0.1) is 9.24 Å². The standard InChI is InChI=1S/CH2O3.CH5P/c2-1(3)4;1-2/h(H2,2,3,4);2H2,1H3. The zero-order valence-corrected chi connectivity index (χ0v) is 4.53. The average Bonchev–Trinajstić information content (AvgIpc) is 1.41. The minimum absolute atomic E-state index is 1.83. The molecule has 6 heavy (non-hydrogen) atoms. The van der Waals surface area contributed by atoms with Crippen LogP contribution in [0.15, 0.2) is 0 Å². The molecule has 0 saturated heterocycles. The summed E-state index contributed by atoms with van der Waals surface area (Å²) in [5, 5.41) is 13.9. The highest BCUT2D eigenvalue weighted by Gasteiger charge is 1.70. The summed E-state index contributed by atoms with van der Waals surface area (Å²) in [6, 6.07) is 0. The van der Waals surface area contributed by atoms with Gasteiger partial charge < -0.3 is 10.2 Å². The first-order valence-corrected chi connectivity index (χ1v) is 2.38. The summed E-state index contributed by atoms with van der Waals surface area (Å²) in [4.78, 5) is 8.56. The van der Waals surface area contributed by atoms with Gasteiger partial charge in [0.2, 0.25) is 0 Å². The van der Waals surface area contributed by atoms with Gasteiger partial charge in [0.15, 0.2) is 0 Å². The summed E-state index contributed by atoms with van der Waals surface area (Å²) in [5.74, 6) is 0. The third kappa shape index (κ3) is 300. The van der Waals surface area contributed by atoms with E-state index >= 15 is 0 Å². The lowest BCUT2D eigenvalue weighted by Gasteiger charge is -1.60. The van der Waals surface area contributed by atoms with Crippen LogP contribution in [-0.2, 0) is 0 Å². The van der Waals surface area contributed by atoms with E-state index in [2.05, 4.69) is 9.24 Å². The lowest BCUT2D eigenvalue weighted by molar-refractivity contribution is 0.137. The third-order valence-corrected chi connectivity index (χ3v) is 0. The first-order chi connectivity index (χ1) is 2.73. The fourth-order valence-electron chi connectivity index (χ4n) is 0. The first-order valence-electron chi connectivity index (χ1n) is 1.23. The molecule has 0 aromatic carbocycles. The second kappa shape index (κ2) is 8.83. The molecule has 0 aliphatic carbocycles. The van der Waals surface area contributed by atoms with Crippen molar-refractivity contribution in [3.8, 4) is 0 Å². The van der Waals surface area contributed by atoms with Crippen LogP contribution in [-0.4, -0.2) is 23.0 Å². The zero-order valence-electron chi connectivity index (χ0n) is 3.38. The second-order valence-electron chi connectivity index (χ2n) is 0.283. The minimum Gasteiger partial charge on any atom is -0.450 e.